The molecular weight excluding hydrogens is 198 g/mol. The highest BCUT2D eigenvalue weighted by Crippen LogP contribution is 2.36. The zero-order valence-electron chi connectivity index (χ0n) is 9.17. The van der Waals surface area contributed by atoms with E-state index in [1.807, 2.05) is 12.1 Å². The van der Waals surface area contributed by atoms with Crippen molar-refractivity contribution in [3.8, 4) is 0 Å². The number of hydroxylamine groups is 1. The Morgan fingerprint density at radius 3 is 2.75 bits per heavy atom. The molecule has 1 aliphatic carbocycles. The second kappa shape index (κ2) is 3.78. The van der Waals surface area contributed by atoms with Crippen molar-refractivity contribution in [2.24, 2.45) is 5.92 Å². The summed E-state index contributed by atoms with van der Waals surface area (Å²) >= 11 is 0. The molecule has 1 aromatic rings. The minimum Gasteiger partial charge on any atom is -0.624 e. The van der Waals surface area contributed by atoms with Crippen LogP contribution in [0.5, 0.6) is 0 Å². The highest BCUT2D eigenvalue weighted by molar-refractivity contribution is 5.95. The molecule has 16 heavy (non-hydrogen) atoms. The van der Waals surface area contributed by atoms with E-state index in [4.69, 9.17) is 0 Å². The van der Waals surface area contributed by atoms with E-state index in [9.17, 15) is 5.21 Å². The molecule has 0 amide bonds. The molecule has 0 spiro atoms. The topological polar surface area (TPSA) is 26.1 Å². The van der Waals surface area contributed by atoms with Gasteiger partial charge in [0.05, 0.1) is 11.8 Å². The van der Waals surface area contributed by atoms with Gasteiger partial charge in [-0.1, -0.05) is 36.4 Å². The number of allylic oxidation sites excluding steroid dienone is 2. The fourth-order valence-electron chi connectivity index (χ4n) is 2.88. The van der Waals surface area contributed by atoms with Gasteiger partial charge in [0.1, 0.15) is 0 Å². The minimum atomic E-state index is 0.388. The molecule has 2 nitrogen and oxygen atoms in total. The Kier molecular flexibility index (Phi) is 2.28. The first-order valence-corrected chi connectivity index (χ1v) is 5.89. The SMILES string of the molecule is [O-][N+]1=C2C=CCCC2C(c2ccccc2)C1. The summed E-state index contributed by atoms with van der Waals surface area (Å²) in [5, 5.41) is 11.8. The van der Waals surface area contributed by atoms with Gasteiger partial charge in [-0.2, -0.15) is 0 Å². The van der Waals surface area contributed by atoms with E-state index < -0.39 is 0 Å². The van der Waals surface area contributed by atoms with Crippen LogP contribution in [0.1, 0.15) is 24.3 Å². The quantitative estimate of drug-likeness (QED) is 0.520. The minimum absolute atomic E-state index is 0.388. The zero-order valence-corrected chi connectivity index (χ0v) is 9.17. The van der Waals surface area contributed by atoms with Gasteiger partial charge in [-0.25, -0.2) is 4.74 Å². The second-order valence-corrected chi connectivity index (χ2v) is 4.59. The van der Waals surface area contributed by atoms with Gasteiger partial charge >= 0.3 is 0 Å². The van der Waals surface area contributed by atoms with Crippen molar-refractivity contribution >= 4 is 5.71 Å². The van der Waals surface area contributed by atoms with Crippen LogP contribution in [0.15, 0.2) is 42.5 Å². The van der Waals surface area contributed by atoms with Crippen LogP contribution < -0.4 is 0 Å². The number of hydrogen-bond acceptors (Lipinski definition) is 1. The van der Waals surface area contributed by atoms with E-state index in [2.05, 4.69) is 30.3 Å². The molecule has 0 bridgehead atoms. The van der Waals surface area contributed by atoms with Gasteiger partial charge in [-0.3, -0.25) is 0 Å². The van der Waals surface area contributed by atoms with E-state index in [1.54, 1.807) is 0 Å². The molecule has 1 aliphatic heterocycles. The summed E-state index contributed by atoms with van der Waals surface area (Å²) in [6.07, 6.45) is 6.35. The third kappa shape index (κ3) is 1.45. The number of nitrogens with zero attached hydrogens (tertiary/aromatic N) is 1. The molecule has 82 valence electrons. The number of rotatable bonds is 1. The summed E-state index contributed by atoms with van der Waals surface area (Å²) in [6.45, 7) is 0.619. The average Bonchev–Trinajstić information content (AvgIpc) is 2.69. The van der Waals surface area contributed by atoms with E-state index in [1.165, 1.54) is 10.3 Å². The van der Waals surface area contributed by atoms with Crippen molar-refractivity contribution in [1.29, 1.82) is 0 Å². The number of benzene rings is 1. The van der Waals surface area contributed by atoms with Crippen molar-refractivity contribution in [3.05, 3.63) is 53.3 Å². The Morgan fingerprint density at radius 1 is 1.12 bits per heavy atom. The lowest BCUT2D eigenvalue weighted by Gasteiger charge is -2.17. The van der Waals surface area contributed by atoms with Gasteiger partial charge in [-0.15, -0.1) is 0 Å². The Balaban J connectivity index is 1.94. The summed E-state index contributed by atoms with van der Waals surface area (Å²) in [7, 11) is 0. The summed E-state index contributed by atoms with van der Waals surface area (Å²) in [5.41, 5.74) is 2.29. The molecule has 0 N–H and O–H groups in total. The Bertz CT molecular complexity index is 447. The largest absolute Gasteiger partial charge is 0.624 e. The van der Waals surface area contributed by atoms with Crippen molar-refractivity contribution in [2.75, 3.05) is 6.54 Å². The normalized spacial score (nSPS) is 28.2. The lowest BCUT2D eigenvalue weighted by Crippen LogP contribution is -2.19. The van der Waals surface area contributed by atoms with Crippen LogP contribution in [0, 0.1) is 11.1 Å². The van der Waals surface area contributed by atoms with Gasteiger partial charge < -0.3 is 5.21 Å². The second-order valence-electron chi connectivity index (χ2n) is 4.59. The molecule has 0 aromatic heterocycles. The summed E-state index contributed by atoms with van der Waals surface area (Å²) in [5.74, 6) is 0.823. The lowest BCUT2D eigenvalue weighted by atomic mass is 9.80. The van der Waals surface area contributed by atoms with E-state index in [-0.39, 0.29) is 0 Å². The molecule has 2 aliphatic rings. The fourth-order valence-corrected chi connectivity index (χ4v) is 2.88. The maximum Gasteiger partial charge on any atom is 0.190 e. The summed E-state index contributed by atoms with van der Waals surface area (Å²) < 4.78 is 1.18. The first kappa shape index (κ1) is 9.64. The number of fused-ring (bicyclic) bond motifs is 1. The van der Waals surface area contributed by atoms with Gasteiger partial charge in [0, 0.05) is 6.08 Å². The molecule has 1 heterocycles. The van der Waals surface area contributed by atoms with Gasteiger partial charge in [0.2, 0.25) is 0 Å². The standard InChI is InChI=1S/C14H15NO/c16-15-10-13(11-6-2-1-3-7-11)12-8-4-5-9-14(12)15/h1-3,5-7,9,12-13H,4,8,10H2. The predicted octanol–water partition coefficient (Wildman–Crippen LogP) is 2.70. The van der Waals surface area contributed by atoms with E-state index >= 15 is 0 Å². The maximum atomic E-state index is 11.8. The highest BCUT2D eigenvalue weighted by Gasteiger charge is 2.39. The van der Waals surface area contributed by atoms with Gasteiger partial charge in [0.25, 0.3) is 0 Å². The summed E-state index contributed by atoms with van der Waals surface area (Å²) in [6, 6.07) is 10.4. The molecular formula is C14H15NO. The lowest BCUT2D eigenvalue weighted by molar-refractivity contribution is -0.450. The monoisotopic (exact) mass is 213 g/mol. The molecule has 0 saturated carbocycles. The smallest absolute Gasteiger partial charge is 0.190 e. The third-order valence-electron chi connectivity index (χ3n) is 3.68. The Hall–Kier alpha value is -1.57. The van der Waals surface area contributed by atoms with Gasteiger partial charge in [-0.05, 0) is 18.4 Å². The molecule has 2 heteroatoms. The first-order chi connectivity index (χ1) is 7.86. The predicted molar refractivity (Wildman–Crippen MR) is 64.5 cm³/mol. The molecule has 3 rings (SSSR count). The summed E-state index contributed by atoms with van der Waals surface area (Å²) in [4.78, 5) is 0. The van der Waals surface area contributed by atoms with Crippen LogP contribution in [0.2, 0.25) is 0 Å². The Labute approximate surface area is 95.5 Å². The molecule has 2 atom stereocenters. The van der Waals surface area contributed by atoms with Crippen LogP contribution in [0.3, 0.4) is 0 Å². The molecule has 2 unspecified atom stereocenters. The molecule has 1 aromatic carbocycles. The maximum absolute atomic E-state index is 11.8. The van der Waals surface area contributed by atoms with Crippen molar-refractivity contribution in [3.63, 3.8) is 0 Å². The third-order valence-corrected chi connectivity index (χ3v) is 3.68. The molecule has 0 fully saturated rings. The zero-order chi connectivity index (χ0) is 11.0. The van der Waals surface area contributed by atoms with Crippen LogP contribution in [-0.4, -0.2) is 17.0 Å². The van der Waals surface area contributed by atoms with E-state index in [0.717, 1.165) is 18.6 Å². The van der Waals surface area contributed by atoms with Crippen LogP contribution in [0.25, 0.3) is 0 Å². The first-order valence-electron chi connectivity index (χ1n) is 5.89. The number of hydrogen-bond donors (Lipinski definition) is 0. The molecule has 0 radical (unpaired) electrons. The molecule has 0 saturated heterocycles. The van der Waals surface area contributed by atoms with Crippen LogP contribution >= 0.6 is 0 Å². The van der Waals surface area contributed by atoms with Gasteiger partial charge in [0.15, 0.2) is 12.3 Å². The van der Waals surface area contributed by atoms with Crippen LogP contribution in [-0.2, 0) is 0 Å². The average molecular weight is 213 g/mol. The van der Waals surface area contributed by atoms with E-state index in [0.29, 0.717) is 18.4 Å². The fraction of sp³-hybridized carbons (Fsp3) is 0.357. The Morgan fingerprint density at radius 2 is 1.94 bits per heavy atom. The van der Waals surface area contributed by atoms with Crippen molar-refractivity contribution in [1.82, 2.24) is 0 Å². The van der Waals surface area contributed by atoms with Crippen molar-refractivity contribution in [2.45, 2.75) is 18.8 Å². The van der Waals surface area contributed by atoms with Crippen molar-refractivity contribution < 1.29 is 4.74 Å². The highest BCUT2D eigenvalue weighted by atomic mass is 16.5. The van der Waals surface area contributed by atoms with Crippen LogP contribution in [0.4, 0.5) is 0 Å².